The van der Waals surface area contributed by atoms with Crippen molar-refractivity contribution in [1.82, 2.24) is 0 Å². The van der Waals surface area contributed by atoms with Gasteiger partial charge in [0.2, 0.25) is 0 Å². The van der Waals surface area contributed by atoms with E-state index in [0.29, 0.717) is 16.3 Å². The zero-order valence-electron chi connectivity index (χ0n) is 15.1. The summed E-state index contributed by atoms with van der Waals surface area (Å²) in [5.41, 5.74) is 0.409. The van der Waals surface area contributed by atoms with Crippen LogP contribution in [0, 0.1) is 0 Å². The second-order valence-corrected chi connectivity index (χ2v) is 6.82. The summed E-state index contributed by atoms with van der Waals surface area (Å²) in [4.78, 5) is 12.4. The molecule has 1 atom stereocenters. The summed E-state index contributed by atoms with van der Waals surface area (Å²) in [6, 6.07) is 9.87. The van der Waals surface area contributed by atoms with Gasteiger partial charge in [-0.15, -0.1) is 0 Å². The minimum Gasteiger partial charge on any atom is -0.308 e. The van der Waals surface area contributed by atoms with E-state index in [0.717, 1.165) is 12.1 Å². The first-order chi connectivity index (χ1) is 13.7. The van der Waals surface area contributed by atoms with E-state index in [1.165, 1.54) is 24.3 Å². The van der Waals surface area contributed by atoms with Crippen molar-refractivity contribution in [3.63, 3.8) is 0 Å². The van der Waals surface area contributed by atoms with Crippen molar-refractivity contribution in [2.24, 2.45) is 0 Å². The Balaban J connectivity index is 1.94. The van der Waals surface area contributed by atoms with Crippen molar-refractivity contribution in [2.45, 2.75) is 6.18 Å². The first kappa shape index (κ1) is 22.0. The normalized spacial score (nSPS) is 12.6. The zero-order valence-corrected chi connectivity index (χ0v) is 15.9. The molecule has 152 valence electrons. The van der Waals surface area contributed by atoms with Crippen LogP contribution in [-0.4, -0.2) is 10.2 Å². The number of carbonyl (C=O) groups is 1. The van der Waals surface area contributed by atoms with Gasteiger partial charge in [-0.3, -0.25) is 0 Å². The van der Waals surface area contributed by atoms with Crippen LogP contribution in [0.2, 0.25) is 0 Å². The number of benzene rings is 2. The summed E-state index contributed by atoms with van der Waals surface area (Å²) in [6.45, 7) is 7.12. The molecule has 0 heterocycles. The Labute approximate surface area is 168 Å². The largest absolute Gasteiger partial charge is 0.416 e. The summed E-state index contributed by atoms with van der Waals surface area (Å²) in [5, 5.41) is 5.00. The highest BCUT2D eigenvalue weighted by atomic mass is 32.2. The van der Waals surface area contributed by atoms with E-state index in [9.17, 15) is 22.2 Å². The molecule has 3 N–H and O–H groups in total. The van der Waals surface area contributed by atoms with Gasteiger partial charge >= 0.3 is 12.2 Å². The molecule has 0 fully saturated rings. The van der Waals surface area contributed by atoms with Gasteiger partial charge in [0.1, 0.15) is 11.0 Å². The lowest BCUT2D eigenvalue weighted by Gasteiger charge is -2.11. The summed E-state index contributed by atoms with van der Waals surface area (Å²) >= 11 is 0. The smallest absolute Gasteiger partial charge is 0.308 e. The molecule has 0 aliphatic heterocycles. The lowest BCUT2D eigenvalue weighted by molar-refractivity contribution is -0.137. The molecule has 29 heavy (non-hydrogen) atoms. The predicted molar refractivity (Wildman–Crippen MR) is 111 cm³/mol. The van der Waals surface area contributed by atoms with Crippen molar-refractivity contribution in [2.75, 3.05) is 15.4 Å². The minimum absolute atomic E-state index is 0.218. The summed E-state index contributed by atoms with van der Waals surface area (Å²) in [7, 11) is -1.52. The van der Waals surface area contributed by atoms with Crippen molar-refractivity contribution in [1.29, 1.82) is 0 Å². The Morgan fingerprint density at radius 1 is 0.897 bits per heavy atom. The summed E-state index contributed by atoms with van der Waals surface area (Å²) in [5.74, 6) is 0. The van der Waals surface area contributed by atoms with Crippen molar-refractivity contribution in [3.8, 4) is 0 Å². The lowest BCUT2D eigenvalue weighted by Crippen LogP contribution is -2.19. The van der Waals surface area contributed by atoms with Crippen LogP contribution in [0.5, 0.6) is 0 Å². The maximum Gasteiger partial charge on any atom is 0.416 e. The predicted octanol–water partition coefficient (Wildman–Crippen LogP) is 5.68. The Morgan fingerprint density at radius 3 is 1.83 bits per heavy atom. The molecular weight excluding hydrogens is 403 g/mol. The number of amides is 2. The third kappa shape index (κ3) is 6.65. The second-order valence-electron chi connectivity index (χ2n) is 5.61. The van der Waals surface area contributed by atoms with E-state index in [4.69, 9.17) is 0 Å². The molecule has 2 aromatic rings. The number of anilines is 3. The number of nitrogens with one attached hydrogen (secondary N) is 3. The number of urea groups is 1. The second kappa shape index (κ2) is 9.74. The van der Waals surface area contributed by atoms with E-state index in [1.807, 2.05) is 0 Å². The first-order valence-corrected chi connectivity index (χ1v) is 9.37. The molecular formula is C20H18F3N3O2S. The van der Waals surface area contributed by atoms with Crippen LogP contribution in [0.4, 0.5) is 35.0 Å². The summed E-state index contributed by atoms with van der Waals surface area (Å²) < 4.78 is 52.6. The Morgan fingerprint density at radius 2 is 1.38 bits per heavy atom. The fourth-order valence-corrected chi connectivity index (χ4v) is 2.98. The van der Waals surface area contributed by atoms with E-state index in [2.05, 4.69) is 28.5 Å². The van der Waals surface area contributed by atoms with Gasteiger partial charge in [-0.1, -0.05) is 25.3 Å². The van der Waals surface area contributed by atoms with Gasteiger partial charge in [-0.2, -0.15) is 13.2 Å². The van der Waals surface area contributed by atoms with Crippen LogP contribution in [0.25, 0.3) is 0 Å². The maximum atomic E-state index is 12.5. The van der Waals surface area contributed by atoms with Gasteiger partial charge < -0.3 is 15.4 Å². The molecule has 0 aromatic heterocycles. The molecule has 2 rings (SSSR count). The number of carbonyl (C=O) groups excluding carboxylic acids is 1. The number of allylic oxidation sites excluding steroid dienone is 3. The topological polar surface area (TPSA) is 70.2 Å². The van der Waals surface area contributed by atoms with Gasteiger partial charge in [-0.25, -0.2) is 9.00 Å². The molecule has 9 heteroatoms. The van der Waals surface area contributed by atoms with Crippen LogP contribution in [-0.2, 0) is 17.2 Å². The SMILES string of the molecule is C=C/C=C(\C=C)S(=O)Nc1ccc(NC(=O)Nc2ccc(C(F)(F)F)cc2)cc1. The van der Waals surface area contributed by atoms with E-state index < -0.39 is 28.8 Å². The van der Waals surface area contributed by atoms with Crippen molar-refractivity contribution < 1.29 is 22.2 Å². The molecule has 2 amide bonds. The molecule has 0 aliphatic carbocycles. The van der Waals surface area contributed by atoms with Crippen LogP contribution in [0.3, 0.4) is 0 Å². The number of hydrogen-bond acceptors (Lipinski definition) is 2. The van der Waals surface area contributed by atoms with Gasteiger partial charge in [-0.05, 0) is 54.6 Å². The quantitative estimate of drug-likeness (QED) is 0.503. The highest BCUT2D eigenvalue weighted by Gasteiger charge is 2.29. The molecule has 0 bridgehead atoms. The molecule has 2 aromatic carbocycles. The fourth-order valence-electron chi connectivity index (χ4n) is 2.15. The van der Waals surface area contributed by atoms with Gasteiger partial charge in [0.15, 0.2) is 0 Å². The highest BCUT2D eigenvalue weighted by Crippen LogP contribution is 2.29. The molecule has 5 nitrogen and oxygen atoms in total. The summed E-state index contributed by atoms with van der Waals surface area (Å²) in [6.07, 6.45) is 0.0803. The third-order valence-electron chi connectivity index (χ3n) is 3.52. The molecule has 0 aliphatic rings. The maximum absolute atomic E-state index is 12.5. The minimum atomic E-state index is -4.44. The van der Waals surface area contributed by atoms with E-state index >= 15 is 0 Å². The Hall–Kier alpha value is -3.33. The average Bonchev–Trinajstić information content (AvgIpc) is 2.67. The van der Waals surface area contributed by atoms with E-state index in [-0.39, 0.29) is 5.69 Å². The molecule has 0 spiro atoms. The average molecular weight is 421 g/mol. The van der Waals surface area contributed by atoms with Crippen LogP contribution < -0.4 is 15.4 Å². The standard InChI is InChI=1S/C20H18F3N3O2S/c1-3-5-18(4-2)29(28)26-17-12-10-16(11-13-17)25-19(27)24-15-8-6-14(7-9-15)20(21,22)23/h3-13,26H,1-2H2,(H2,24,25,27)/b18-5+. The number of hydrogen-bond donors (Lipinski definition) is 3. The first-order valence-electron chi connectivity index (χ1n) is 8.22. The van der Waals surface area contributed by atoms with Gasteiger partial charge in [0, 0.05) is 17.1 Å². The lowest BCUT2D eigenvalue weighted by atomic mass is 10.2. The monoisotopic (exact) mass is 421 g/mol. The van der Waals surface area contributed by atoms with Crippen LogP contribution in [0.15, 0.2) is 84.8 Å². The van der Waals surface area contributed by atoms with Crippen molar-refractivity contribution in [3.05, 3.63) is 90.4 Å². The Bertz CT molecular complexity index is 937. The Kier molecular flexibility index (Phi) is 7.38. The molecule has 0 radical (unpaired) electrons. The van der Waals surface area contributed by atoms with E-state index in [1.54, 1.807) is 30.3 Å². The van der Waals surface area contributed by atoms with Crippen LogP contribution in [0.1, 0.15) is 5.56 Å². The van der Waals surface area contributed by atoms with Gasteiger partial charge in [0.25, 0.3) is 0 Å². The number of rotatable bonds is 7. The highest BCUT2D eigenvalue weighted by molar-refractivity contribution is 7.90. The molecule has 1 unspecified atom stereocenters. The van der Waals surface area contributed by atoms with Crippen molar-refractivity contribution >= 4 is 34.1 Å². The number of alkyl halides is 3. The third-order valence-corrected chi connectivity index (χ3v) is 4.67. The number of halogens is 3. The fraction of sp³-hybridized carbons (Fsp3) is 0.0500. The zero-order chi connectivity index (χ0) is 21.4. The van der Waals surface area contributed by atoms with Crippen LogP contribution >= 0.6 is 0 Å². The molecule has 0 saturated carbocycles. The molecule has 0 saturated heterocycles. The van der Waals surface area contributed by atoms with Gasteiger partial charge in [0.05, 0.1) is 10.5 Å².